The van der Waals surface area contributed by atoms with E-state index >= 15 is 0 Å². The van der Waals surface area contributed by atoms with Crippen LogP contribution < -0.4 is 11.5 Å². The Balaban J connectivity index is 3.37. The van der Waals surface area contributed by atoms with Gasteiger partial charge in [0.15, 0.2) is 11.1 Å². The van der Waals surface area contributed by atoms with Gasteiger partial charge in [-0.25, -0.2) is 0 Å². The second kappa shape index (κ2) is 7.64. The summed E-state index contributed by atoms with van der Waals surface area (Å²) in [6.07, 6.45) is 0. The van der Waals surface area contributed by atoms with E-state index in [-0.39, 0.29) is 11.1 Å². The number of aliphatic imine (C=N–C) groups is 1. The Morgan fingerprint density at radius 2 is 2.14 bits per heavy atom. The SMILES string of the molecule is CC(C)COCCSC(=N)N=C(N)N. The standard InChI is InChI=1S/C8H18N4OS/c1-6(2)5-13-3-4-14-8(11)12-7(9)10/h6H,3-5H2,1-2H3,(H5,9,10,11,12). The van der Waals surface area contributed by atoms with Crippen LogP contribution in [0.4, 0.5) is 0 Å². The second-order valence-electron chi connectivity index (χ2n) is 3.16. The molecule has 6 heteroatoms. The molecule has 0 fully saturated rings. The molecule has 0 rings (SSSR count). The molecule has 0 aliphatic heterocycles. The van der Waals surface area contributed by atoms with Gasteiger partial charge in [-0.3, -0.25) is 5.41 Å². The largest absolute Gasteiger partial charge is 0.380 e. The van der Waals surface area contributed by atoms with E-state index < -0.39 is 0 Å². The van der Waals surface area contributed by atoms with Gasteiger partial charge in [-0.1, -0.05) is 25.6 Å². The second-order valence-corrected chi connectivity index (χ2v) is 4.24. The number of thioether (sulfide) groups is 1. The Morgan fingerprint density at radius 1 is 1.50 bits per heavy atom. The number of nitrogens with two attached hydrogens (primary N) is 2. The Morgan fingerprint density at radius 3 is 2.64 bits per heavy atom. The monoisotopic (exact) mass is 218 g/mol. The number of hydrogen-bond acceptors (Lipinski definition) is 3. The van der Waals surface area contributed by atoms with Crippen molar-refractivity contribution < 1.29 is 4.74 Å². The van der Waals surface area contributed by atoms with Crippen molar-refractivity contribution >= 4 is 22.9 Å². The Hall–Kier alpha value is -0.750. The molecule has 0 bridgehead atoms. The zero-order valence-corrected chi connectivity index (χ0v) is 9.43. The fraction of sp³-hybridized carbons (Fsp3) is 0.750. The van der Waals surface area contributed by atoms with Crippen molar-refractivity contribution in [2.24, 2.45) is 22.4 Å². The third kappa shape index (κ3) is 9.34. The molecule has 0 aromatic rings. The fourth-order valence-corrected chi connectivity index (χ4v) is 1.23. The Kier molecular flexibility index (Phi) is 7.23. The van der Waals surface area contributed by atoms with Gasteiger partial charge in [0.2, 0.25) is 0 Å². The van der Waals surface area contributed by atoms with E-state index in [0.29, 0.717) is 18.3 Å². The van der Waals surface area contributed by atoms with Crippen LogP contribution in [0.25, 0.3) is 0 Å². The van der Waals surface area contributed by atoms with Gasteiger partial charge in [-0.15, -0.1) is 0 Å². The molecular formula is C8H18N4OS. The van der Waals surface area contributed by atoms with E-state index in [1.165, 1.54) is 11.8 Å². The molecule has 0 heterocycles. The average molecular weight is 218 g/mol. The van der Waals surface area contributed by atoms with Crippen molar-refractivity contribution in [3.63, 3.8) is 0 Å². The predicted molar refractivity (Wildman–Crippen MR) is 61.7 cm³/mol. The highest BCUT2D eigenvalue weighted by Crippen LogP contribution is 2.03. The molecule has 0 atom stereocenters. The summed E-state index contributed by atoms with van der Waals surface area (Å²) in [4.78, 5) is 3.57. The molecule has 0 aliphatic carbocycles. The first-order valence-electron chi connectivity index (χ1n) is 4.41. The zero-order chi connectivity index (χ0) is 11.0. The summed E-state index contributed by atoms with van der Waals surface area (Å²) in [6, 6.07) is 0. The van der Waals surface area contributed by atoms with Crippen LogP contribution in [-0.2, 0) is 4.74 Å². The van der Waals surface area contributed by atoms with Crippen LogP contribution in [-0.4, -0.2) is 30.1 Å². The minimum atomic E-state index is -0.0781. The van der Waals surface area contributed by atoms with Crippen LogP contribution in [0.2, 0.25) is 0 Å². The average Bonchev–Trinajstić information content (AvgIpc) is 2.01. The molecule has 0 unspecified atom stereocenters. The van der Waals surface area contributed by atoms with Gasteiger partial charge in [0.25, 0.3) is 0 Å². The molecule has 0 aromatic heterocycles. The highest BCUT2D eigenvalue weighted by molar-refractivity contribution is 8.13. The number of hydrogen-bond donors (Lipinski definition) is 3. The molecule has 0 radical (unpaired) electrons. The maximum atomic E-state index is 7.30. The van der Waals surface area contributed by atoms with Crippen LogP contribution in [0.1, 0.15) is 13.8 Å². The first-order valence-corrected chi connectivity index (χ1v) is 5.39. The molecule has 14 heavy (non-hydrogen) atoms. The number of amidine groups is 1. The van der Waals surface area contributed by atoms with Crippen molar-refractivity contribution in [2.45, 2.75) is 13.8 Å². The lowest BCUT2D eigenvalue weighted by atomic mass is 10.2. The number of rotatable bonds is 5. The van der Waals surface area contributed by atoms with Gasteiger partial charge < -0.3 is 16.2 Å². The van der Waals surface area contributed by atoms with Gasteiger partial charge in [0.05, 0.1) is 6.61 Å². The third-order valence-corrected chi connectivity index (χ3v) is 1.88. The maximum Gasteiger partial charge on any atom is 0.193 e. The summed E-state index contributed by atoms with van der Waals surface area (Å²) in [5.41, 5.74) is 10.2. The molecule has 0 saturated heterocycles. The minimum absolute atomic E-state index is 0.0781. The number of nitrogens with zero attached hydrogens (tertiary/aromatic N) is 1. The van der Waals surface area contributed by atoms with E-state index in [2.05, 4.69) is 18.8 Å². The summed E-state index contributed by atoms with van der Waals surface area (Å²) < 4.78 is 5.32. The molecule has 5 N–H and O–H groups in total. The number of guanidine groups is 1. The lowest BCUT2D eigenvalue weighted by Gasteiger charge is -2.05. The molecule has 82 valence electrons. The van der Waals surface area contributed by atoms with Crippen molar-refractivity contribution in [3.05, 3.63) is 0 Å². The molecular weight excluding hydrogens is 200 g/mol. The van der Waals surface area contributed by atoms with Crippen molar-refractivity contribution in [3.8, 4) is 0 Å². The van der Waals surface area contributed by atoms with E-state index in [4.69, 9.17) is 21.6 Å². The van der Waals surface area contributed by atoms with Crippen molar-refractivity contribution in [2.75, 3.05) is 19.0 Å². The third-order valence-electron chi connectivity index (χ3n) is 1.15. The molecule has 5 nitrogen and oxygen atoms in total. The highest BCUT2D eigenvalue weighted by atomic mass is 32.2. The first-order chi connectivity index (χ1) is 6.52. The lowest BCUT2D eigenvalue weighted by molar-refractivity contribution is 0.124. The Labute approximate surface area is 88.8 Å². The topological polar surface area (TPSA) is 97.5 Å². The summed E-state index contributed by atoms with van der Waals surface area (Å²) >= 11 is 1.27. The normalized spacial score (nSPS) is 10.2. The molecule has 0 aliphatic rings. The first kappa shape index (κ1) is 13.2. The van der Waals surface area contributed by atoms with Gasteiger partial charge in [0, 0.05) is 12.4 Å². The summed E-state index contributed by atoms with van der Waals surface area (Å²) in [7, 11) is 0. The van der Waals surface area contributed by atoms with E-state index in [1.807, 2.05) is 0 Å². The quantitative estimate of drug-likeness (QED) is 0.357. The molecule has 0 saturated carbocycles. The van der Waals surface area contributed by atoms with Crippen LogP contribution in [0, 0.1) is 11.3 Å². The highest BCUT2D eigenvalue weighted by Gasteiger charge is 1.97. The van der Waals surface area contributed by atoms with Crippen LogP contribution in [0.5, 0.6) is 0 Å². The molecule has 0 amide bonds. The van der Waals surface area contributed by atoms with Crippen LogP contribution in [0.15, 0.2) is 4.99 Å². The number of ether oxygens (including phenoxy) is 1. The summed E-state index contributed by atoms with van der Waals surface area (Å²) in [6.45, 7) is 5.55. The smallest absolute Gasteiger partial charge is 0.193 e. The maximum absolute atomic E-state index is 7.30. The van der Waals surface area contributed by atoms with Gasteiger partial charge >= 0.3 is 0 Å². The predicted octanol–water partition coefficient (Wildman–Crippen LogP) is 0.600. The fourth-order valence-electron chi connectivity index (χ4n) is 0.666. The summed E-state index contributed by atoms with van der Waals surface area (Å²) in [5.74, 6) is 1.16. The zero-order valence-electron chi connectivity index (χ0n) is 8.62. The lowest BCUT2D eigenvalue weighted by Crippen LogP contribution is -2.23. The van der Waals surface area contributed by atoms with Gasteiger partial charge in [0.1, 0.15) is 0 Å². The van der Waals surface area contributed by atoms with Crippen LogP contribution in [0.3, 0.4) is 0 Å². The molecule has 0 aromatic carbocycles. The van der Waals surface area contributed by atoms with Crippen molar-refractivity contribution in [1.29, 1.82) is 5.41 Å². The minimum Gasteiger partial charge on any atom is -0.380 e. The Bertz CT molecular complexity index is 202. The summed E-state index contributed by atoms with van der Waals surface area (Å²) in [5, 5.41) is 7.42. The van der Waals surface area contributed by atoms with Crippen molar-refractivity contribution in [1.82, 2.24) is 0 Å². The van der Waals surface area contributed by atoms with Gasteiger partial charge in [-0.2, -0.15) is 4.99 Å². The van der Waals surface area contributed by atoms with Gasteiger partial charge in [-0.05, 0) is 5.92 Å². The van der Waals surface area contributed by atoms with E-state index in [0.717, 1.165) is 6.61 Å². The van der Waals surface area contributed by atoms with E-state index in [1.54, 1.807) is 0 Å². The van der Waals surface area contributed by atoms with Crippen LogP contribution >= 0.6 is 11.8 Å². The van der Waals surface area contributed by atoms with E-state index in [9.17, 15) is 0 Å². The molecule has 0 spiro atoms. The number of nitrogens with one attached hydrogen (secondary N) is 1.